The molecular formula is C12H15N3O2. The lowest BCUT2D eigenvalue weighted by Gasteiger charge is -2.08. The van der Waals surface area contributed by atoms with E-state index in [2.05, 4.69) is 10.3 Å². The molecule has 1 aromatic heterocycles. The zero-order chi connectivity index (χ0) is 12.3. The van der Waals surface area contributed by atoms with Crippen molar-refractivity contribution in [1.82, 2.24) is 15.0 Å². The molecule has 0 fully saturated rings. The molecular weight excluding hydrogens is 218 g/mol. The van der Waals surface area contributed by atoms with Gasteiger partial charge in [0.2, 0.25) is 0 Å². The second kappa shape index (κ2) is 4.97. The Labute approximate surface area is 99.7 Å². The summed E-state index contributed by atoms with van der Waals surface area (Å²) in [6, 6.07) is 7.56. The molecule has 0 aliphatic heterocycles. The van der Waals surface area contributed by atoms with E-state index in [1.165, 1.54) is 0 Å². The molecule has 1 heterocycles. The Morgan fingerprint density at radius 3 is 3.00 bits per heavy atom. The molecule has 1 unspecified atom stereocenters. The Bertz CT molecular complexity index is 494. The van der Waals surface area contributed by atoms with Crippen LogP contribution >= 0.6 is 0 Å². The summed E-state index contributed by atoms with van der Waals surface area (Å²) in [5.41, 5.74) is 1.74. The average Bonchev–Trinajstić information content (AvgIpc) is 2.76. The lowest BCUT2D eigenvalue weighted by atomic mass is 10.2. The molecule has 90 valence electrons. The van der Waals surface area contributed by atoms with Crippen molar-refractivity contribution in [3.63, 3.8) is 0 Å². The van der Waals surface area contributed by atoms with E-state index >= 15 is 0 Å². The molecule has 1 aromatic carbocycles. The lowest BCUT2D eigenvalue weighted by molar-refractivity contribution is 0.193. The normalized spacial score (nSPS) is 12.4. The first-order chi connectivity index (χ1) is 8.20. The van der Waals surface area contributed by atoms with Gasteiger partial charge in [-0.2, -0.15) is 0 Å². The van der Waals surface area contributed by atoms with Gasteiger partial charge in [0, 0.05) is 12.5 Å². The SMILES string of the molecule is COc1cccc(-n2nncc2CC(C)O)c1. The summed E-state index contributed by atoms with van der Waals surface area (Å²) in [6.45, 7) is 1.74. The van der Waals surface area contributed by atoms with Crippen LogP contribution in [0.5, 0.6) is 5.75 Å². The molecule has 1 N–H and O–H groups in total. The first-order valence-electron chi connectivity index (χ1n) is 5.43. The molecule has 0 spiro atoms. The summed E-state index contributed by atoms with van der Waals surface area (Å²) in [5, 5.41) is 17.3. The molecule has 0 bridgehead atoms. The Balaban J connectivity index is 2.35. The van der Waals surface area contributed by atoms with Crippen molar-refractivity contribution in [1.29, 1.82) is 0 Å². The van der Waals surface area contributed by atoms with Crippen LogP contribution in [0.2, 0.25) is 0 Å². The van der Waals surface area contributed by atoms with Crippen molar-refractivity contribution < 1.29 is 9.84 Å². The molecule has 0 saturated heterocycles. The maximum atomic E-state index is 9.40. The number of ether oxygens (including phenoxy) is 1. The summed E-state index contributed by atoms with van der Waals surface area (Å²) in [6.07, 6.45) is 1.76. The van der Waals surface area contributed by atoms with Gasteiger partial charge in [-0.1, -0.05) is 11.3 Å². The van der Waals surface area contributed by atoms with Gasteiger partial charge in [-0.05, 0) is 19.1 Å². The first kappa shape index (κ1) is 11.6. The second-order valence-electron chi connectivity index (χ2n) is 3.89. The number of aromatic nitrogens is 3. The summed E-state index contributed by atoms with van der Waals surface area (Å²) in [4.78, 5) is 0. The fourth-order valence-electron chi connectivity index (χ4n) is 1.66. The van der Waals surface area contributed by atoms with Crippen LogP contribution < -0.4 is 4.74 Å². The molecule has 2 aromatic rings. The molecule has 0 aliphatic rings. The molecule has 0 saturated carbocycles. The van der Waals surface area contributed by atoms with Crippen molar-refractivity contribution in [2.45, 2.75) is 19.4 Å². The highest BCUT2D eigenvalue weighted by atomic mass is 16.5. The highest BCUT2D eigenvalue weighted by Gasteiger charge is 2.09. The Morgan fingerprint density at radius 2 is 2.29 bits per heavy atom. The molecule has 0 radical (unpaired) electrons. The van der Waals surface area contributed by atoms with E-state index in [1.807, 2.05) is 24.3 Å². The summed E-state index contributed by atoms with van der Waals surface area (Å²) < 4.78 is 6.87. The van der Waals surface area contributed by atoms with Gasteiger partial charge >= 0.3 is 0 Å². The molecule has 5 heteroatoms. The smallest absolute Gasteiger partial charge is 0.121 e. The van der Waals surface area contributed by atoms with Gasteiger partial charge in [-0.3, -0.25) is 0 Å². The predicted molar refractivity (Wildman–Crippen MR) is 63.3 cm³/mol. The Kier molecular flexibility index (Phi) is 3.39. The molecule has 0 amide bonds. The van der Waals surface area contributed by atoms with Gasteiger partial charge in [0.25, 0.3) is 0 Å². The number of aliphatic hydroxyl groups excluding tert-OH is 1. The quantitative estimate of drug-likeness (QED) is 0.862. The van der Waals surface area contributed by atoms with Crippen LogP contribution in [-0.2, 0) is 6.42 Å². The van der Waals surface area contributed by atoms with Gasteiger partial charge in [-0.25, -0.2) is 4.68 Å². The van der Waals surface area contributed by atoms with Gasteiger partial charge in [-0.15, -0.1) is 5.10 Å². The number of aliphatic hydroxyl groups is 1. The van der Waals surface area contributed by atoms with E-state index in [0.29, 0.717) is 6.42 Å². The average molecular weight is 233 g/mol. The lowest BCUT2D eigenvalue weighted by Crippen LogP contribution is -2.10. The minimum atomic E-state index is -0.419. The Hall–Kier alpha value is -1.88. The topological polar surface area (TPSA) is 60.2 Å². The van der Waals surface area contributed by atoms with E-state index in [9.17, 15) is 5.11 Å². The third kappa shape index (κ3) is 2.62. The minimum Gasteiger partial charge on any atom is -0.497 e. The molecule has 17 heavy (non-hydrogen) atoms. The van der Waals surface area contributed by atoms with Crippen molar-refractivity contribution >= 4 is 0 Å². The number of hydrogen-bond acceptors (Lipinski definition) is 4. The zero-order valence-corrected chi connectivity index (χ0v) is 9.87. The maximum absolute atomic E-state index is 9.40. The summed E-state index contributed by atoms with van der Waals surface area (Å²) >= 11 is 0. The molecule has 1 atom stereocenters. The largest absolute Gasteiger partial charge is 0.497 e. The number of hydrogen-bond donors (Lipinski definition) is 1. The number of nitrogens with zero attached hydrogens (tertiary/aromatic N) is 3. The maximum Gasteiger partial charge on any atom is 0.121 e. The van der Waals surface area contributed by atoms with Gasteiger partial charge in [0.05, 0.1) is 30.8 Å². The van der Waals surface area contributed by atoms with Crippen molar-refractivity contribution in [3.8, 4) is 11.4 Å². The van der Waals surface area contributed by atoms with E-state index in [4.69, 9.17) is 4.74 Å². The zero-order valence-electron chi connectivity index (χ0n) is 9.87. The van der Waals surface area contributed by atoms with Crippen LogP contribution in [0.3, 0.4) is 0 Å². The van der Waals surface area contributed by atoms with Crippen molar-refractivity contribution in [2.75, 3.05) is 7.11 Å². The van der Waals surface area contributed by atoms with Crippen molar-refractivity contribution in [3.05, 3.63) is 36.2 Å². The summed E-state index contributed by atoms with van der Waals surface area (Å²) in [5.74, 6) is 0.765. The first-order valence-corrected chi connectivity index (χ1v) is 5.43. The van der Waals surface area contributed by atoms with Crippen LogP contribution in [0.4, 0.5) is 0 Å². The number of methoxy groups -OCH3 is 1. The highest BCUT2D eigenvalue weighted by molar-refractivity contribution is 5.39. The van der Waals surface area contributed by atoms with E-state index in [-0.39, 0.29) is 0 Å². The van der Waals surface area contributed by atoms with Gasteiger partial charge in [0.1, 0.15) is 5.75 Å². The van der Waals surface area contributed by atoms with Crippen LogP contribution in [-0.4, -0.2) is 33.3 Å². The van der Waals surface area contributed by atoms with Gasteiger partial charge < -0.3 is 9.84 Å². The summed E-state index contributed by atoms with van der Waals surface area (Å²) in [7, 11) is 1.62. The Morgan fingerprint density at radius 1 is 1.47 bits per heavy atom. The standard InChI is InChI=1S/C12H15N3O2/c1-9(16)6-11-8-13-14-15(11)10-4-3-5-12(7-10)17-2/h3-5,7-9,16H,6H2,1-2H3. The monoisotopic (exact) mass is 233 g/mol. The van der Waals surface area contributed by atoms with E-state index in [0.717, 1.165) is 17.1 Å². The fraction of sp³-hybridized carbons (Fsp3) is 0.333. The fourth-order valence-corrected chi connectivity index (χ4v) is 1.66. The number of rotatable bonds is 4. The van der Waals surface area contributed by atoms with E-state index in [1.54, 1.807) is 24.9 Å². The predicted octanol–water partition coefficient (Wildman–Crippen LogP) is 1.20. The van der Waals surface area contributed by atoms with Crippen LogP contribution in [0, 0.1) is 0 Å². The second-order valence-corrected chi connectivity index (χ2v) is 3.89. The molecule has 5 nitrogen and oxygen atoms in total. The van der Waals surface area contributed by atoms with Crippen LogP contribution in [0.25, 0.3) is 5.69 Å². The van der Waals surface area contributed by atoms with Crippen molar-refractivity contribution in [2.24, 2.45) is 0 Å². The molecule has 0 aliphatic carbocycles. The number of benzene rings is 1. The van der Waals surface area contributed by atoms with E-state index < -0.39 is 6.10 Å². The van der Waals surface area contributed by atoms with Gasteiger partial charge in [0.15, 0.2) is 0 Å². The third-order valence-electron chi connectivity index (χ3n) is 2.42. The van der Waals surface area contributed by atoms with Crippen LogP contribution in [0.1, 0.15) is 12.6 Å². The minimum absolute atomic E-state index is 0.419. The highest BCUT2D eigenvalue weighted by Crippen LogP contribution is 2.17. The third-order valence-corrected chi connectivity index (χ3v) is 2.42. The molecule has 2 rings (SSSR count). The van der Waals surface area contributed by atoms with Crippen LogP contribution in [0.15, 0.2) is 30.5 Å².